The van der Waals surface area contributed by atoms with Gasteiger partial charge in [0.2, 0.25) is 11.8 Å². The summed E-state index contributed by atoms with van der Waals surface area (Å²) in [6.07, 6.45) is 0.664. The Morgan fingerprint density at radius 3 is 2.37 bits per heavy atom. The maximum absolute atomic E-state index is 14.0. The first-order chi connectivity index (χ1) is 24.4. The molecule has 268 valence electrons. The minimum absolute atomic E-state index is 0.0741. The number of fused-ring (bicyclic) bond motifs is 9. The van der Waals surface area contributed by atoms with E-state index in [2.05, 4.69) is 10.3 Å². The minimum Gasteiger partial charge on any atom is -0.493 e. The van der Waals surface area contributed by atoms with Crippen LogP contribution < -0.4 is 19.7 Å². The predicted octanol–water partition coefficient (Wildman–Crippen LogP) is 4.22. The predicted molar refractivity (Wildman–Crippen MR) is 186 cm³/mol. The highest BCUT2D eigenvalue weighted by Gasteiger charge is 2.70. The quantitative estimate of drug-likeness (QED) is 0.190. The highest BCUT2D eigenvalue weighted by Crippen LogP contribution is 2.68. The number of likely N-dealkylation sites (tertiary alicyclic amines) is 1. The molecule has 2 aliphatic heterocycles. The number of amides is 3. The van der Waals surface area contributed by atoms with Crippen LogP contribution in [0.1, 0.15) is 53.9 Å². The SMILES string of the molecule is CCOC(=O)c1ccc(NC(=O)COc2ccc([C@H]3c4sc(=O)[nH]c4SC4C5CC(C6C(=O)N(C(C(=O)O)C(C)C)C(=O)C56)C43)cc2OC)cc1. The van der Waals surface area contributed by atoms with Gasteiger partial charge in [0, 0.05) is 21.7 Å². The van der Waals surface area contributed by atoms with Crippen molar-refractivity contribution in [3.05, 3.63) is 68.1 Å². The Kier molecular flexibility index (Phi) is 9.21. The van der Waals surface area contributed by atoms with Gasteiger partial charge in [-0.05, 0) is 79.0 Å². The number of carbonyl (C=O) groups is 5. The molecule has 2 aliphatic carbocycles. The van der Waals surface area contributed by atoms with E-state index in [9.17, 15) is 33.9 Å². The van der Waals surface area contributed by atoms with Crippen molar-refractivity contribution in [3.8, 4) is 11.5 Å². The maximum Gasteiger partial charge on any atom is 0.338 e. The molecule has 2 aromatic carbocycles. The summed E-state index contributed by atoms with van der Waals surface area (Å²) >= 11 is 2.67. The number of benzene rings is 2. The fraction of sp³-hybridized carbons (Fsp3) is 0.444. The van der Waals surface area contributed by atoms with E-state index in [4.69, 9.17) is 14.2 Å². The lowest BCUT2D eigenvalue weighted by Crippen LogP contribution is -2.49. The molecule has 13 nitrogen and oxygen atoms in total. The van der Waals surface area contributed by atoms with Gasteiger partial charge >= 0.3 is 16.8 Å². The van der Waals surface area contributed by atoms with Gasteiger partial charge in [-0.25, -0.2) is 9.59 Å². The molecule has 4 aliphatic rings. The minimum atomic E-state index is -1.23. The second-order valence-electron chi connectivity index (χ2n) is 13.6. The third-order valence-corrected chi connectivity index (χ3v) is 13.1. The topological polar surface area (TPSA) is 181 Å². The maximum atomic E-state index is 14.0. The second kappa shape index (κ2) is 13.5. The number of H-pyrrole nitrogens is 1. The molecule has 3 heterocycles. The molecule has 3 amide bonds. The van der Waals surface area contributed by atoms with Gasteiger partial charge < -0.3 is 29.6 Å². The van der Waals surface area contributed by atoms with Crippen LogP contribution in [0.4, 0.5) is 5.69 Å². The fourth-order valence-electron chi connectivity index (χ4n) is 8.62. The number of methoxy groups -OCH3 is 1. The smallest absolute Gasteiger partial charge is 0.338 e. The second-order valence-corrected chi connectivity index (χ2v) is 15.8. The van der Waals surface area contributed by atoms with Crippen LogP contribution in [0.15, 0.2) is 52.3 Å². The molecule has 3 aromatic rings. The summed E-state index contributed by atoms with van der Waals surface area (Å²) in [5, 5.41) is 13.4. The van der Waals surface area contributed by atoms with E-state index in [1.165, 1.54) is 7.11 Å². The molecule has 2 saturated carbocycles. The van der Waals surface area contributed by atoms with Crippen LogP contribution in [-0.2, 0) is 23.9 Å². The van der Waals surface area contributed by atoms with Gasteiger partial charge in [-0.15, -0.1) is 11.8 Å². The van der Waals surface area contributed by atoms with E-state index in [1.54, 1.807) is 62.9 Å². The molecule has 1 saturated heterocycles. The van der Waals surface area contributed by atoms with Crippen LogP contribution in [0, 0.1) is 35.5 Å². The van der Waals surface area contributed by atoms with Crippen LogP contribution in [0.5, 0.6) is 11.5 Å². The highest BCUT2D eigenvalue weighted by molar-refractivity contribution is 8.00. The standard InChI is InChI=1S/C36H37N3O10S2/c1-5-48-35(45)16-6-9-18(10-7-16)37-23(40)14-49-21-11-8-17(12-22(21)47-4)24-25-19-13-20(29(25)50-31-30(24)51-36(46)38-31)27-26(19)32(41)39(33(27)42)28(15(2)3)34(43)44/h6-12,15,19-20,24-29H,5,13-14H2,1-4H3,(H,37,40)(H,38,46)(H,43,44)/t19?,20?,24-,25?,26?,27?,28?,29?/m1/s1. The van der Waals surface area contributed by atoms with E-state index in [0.29, 0.717) is 29.2 Å². The number of thioether (sulfide) groups is 1. The van der Waals surface area contributed by atoms with Crippen LogP contribution in [0.2, 0.25) is 0 Å². The number of aromatic amines is 1. The molecule has 51 heavy (non-hydrogen) atoms. The number of imide groups is 1. The number of esters is 1. The van der Waals surface area contributed by atoms with E-state index >= 15 is 0 Å². The van der Waals surface area contributed by atoms with Crippen molar-refractivity contribution >= 4 is 58.4 Å². The van der Waals surface area contributed by atoms with Gasteiger partial charge in [-0.1, -0.05) is 31.3 Å². The number of carboxylic acids is 1. The Morgan fingerprint density at radius 2 is 1.73 bits per heavy atom. The molecule has 8 atom stereocenters. The molecule has 15 heteroatoms. The summed E-state index contributed by atoms with van der Waals surface area (Å²) in [4.78, 5) is 82.0. The zero-order chi connectivity index (χ0) is 36.3. The fourth-order valence-corrected chi connectivity index (χ4v) is 11.5. The molecule has 0 radical (unpaired) electrons. The highest BCUT2D eigenvalue weighted by atomic mass is 32.2. The monoisotopic (exact) mass is 735 g/mol. The number of anilines is 1. The van der Waals surface area contributed by atoms with Crippen LogP contribution in [0.3, 0.4) is 0 Å². The van der Waals surface area contributed by atoms with E-state index in [-0.39, 0.29) is 47.0 Å². The number of hydrogen-bond donors (Lipinski definition) is 3. The summed E-state index contributed by atoms with van der Waals surface area (Å²) in [7, 11) is 1.49. The third-order valence-electron chi connectivity index (χ3n) is 10.5. The lowest BCUT2D eigenvalue weighted by molar-refractivity contribution is -0.157. The first-order valence-corrected chi connectivity index (χ1v) is 18.5. The first-order valence-electron chi connectivity index (χ1n) is 16.8. The molecule has 0 spiro atoms. The average Bonchev–Trinajstić information content (AvgIpc) is 3.83. The summed E-state index contributed by atoms with van der Waals surface area (Å²) in [5.41, 5.74) is 1.68. The number of nitrogens with zero attached hydrogens (tertiary/aromatic N) is 1. The Hall–Kier alpha value is -4.63. The number of aliphatic carboxylic acids is 1. The lowest BCUT2D eigenvalue weighted by Gasteiger charge is -2.43. The lowest BCUT2D eigenvalue weighted by atomic mass is 9.68. The third kappa shape index (κ3) is 5.89. The van der Waals surface area contributed by atoms with Gasteiger partial charge in [-0.3, -0.25) is 24.1 Å². The molecule has 1 aromatic heterocycles. The largest absolute Gasteiger partial charge is 0.493 e. The molecular formula is C36H37N3O10S2. The Labute approximate surface area is 301 Å². The number of carbonyl (C=O) groups excluding carboxylic acids is 4. The first kappa shape index (κ1) is 34.8. The van der Waals surface area contributed by atoms with Crippen molar-refractivity contribution in [2.75, 3.05) is 25.6 Å². The van der Waals surface area contributed by atoms with Gasteiger partial charge in [0.1, 0.15) is 6.04 Å². The zero-order valence-corrected chi connectivity index (χ0v) is 29.9. The number of ether oxygens (including phenoxy) is 3. The van der Waals surface area contributed by atoms with Gasteiger partial charge in [0.15, 0.2) is 18.1 Å². The molecule has 2 bridgehead atoms. The zero-order valence-electron chi connectivity index (χ0n) is 28.2. The van der Waals surface area contributed by atoms with Crippen molar-refractivity contribution in [2.45, 2.75) is 49.4 Å². The Morgan fingerprint density at radius 1 is 1.02 bits per heavy atom. The van der Waals surface area contributed by atoms with Crippen molar-refractivity contribution in [2.24, 2.45) is 35.5 Å². The number of thiazole rings is 1. The van der Waals surface area contributed by atoms with Gasteiger partial charge in [0.25, 0.3) is 5.91 Å². The summed E-state index contributed by atoms with van der Waals surface area (Å²) < 4.78 is 16.5. The van der Waals surface area contributed by atoms with Crippen molar-refractivity contribution in [3.63, 3.8) is 0 Å². The molecule has 3 N–H and O–H groups in total. The number of aromatic nitrogens is 1. The average molecular weight is 736 g/mol. The van der Waals surface area contributed by atoms with Crippen molar-refractivity contribution < 1.29 is 43.3 Å². The molecule has 3 fully saturated rings. The number of hydrogen-bond acceptors (Lipinski definition) is 11. The van der Waals surface area contributed by atoms with Crippen LogP contribution in [-0.4, -0.2) is 76.3 Å². The molecule has 7 unspecified atom stereocenters. The van der Waals surface area contributed by atoms with Crippen molar-refractivity contribution in [1.82, 2.24) is 9.88 Å². The molecule has 7 rings (SSSR count). The van der Waals surface area contributed by atoms with Crippen LogP contribution >= 0.6 is 23.1 Å². The van der Waals surface area contributed by atoms with Crippen LogP contribution in [0.25, 0.3) is 0 Å². The van der Waals surface area contributed by atoms with Crippen molar-refractivity contribution in [1.29, 1.82) is 0 Å². The number of carboxylic acid groups (broad SMARTS) is 1. The Bertz CT molecular complexity index is 1970. The number of rotatable bonds is 11. The van der Waals surface area contributed by atoms with E-state index in [0.717, 1.165) is 31.7 Å². The Balaban J connectivity index is 1.13. The van der Waals surface area contributed by atoms with Gasteiger partial charge in [0.05, 0.1) is 36.1 Å². The summed E-state index contributed by atoms with van der Waals surface area (Å²) in [5.74, 6) is -4.58. The van der Waals surface area contributed by atoms with Gasteiger partial charge in [-0.2, -0.15) is 0 Å². The van der Waals surface area contributed by atoms with E-state index < -0.39 is 53.5 Å². The number of nitrogens with one attached hydrogen (secondary N) is 2. The summed E-state index contributed by atoms with van der Waals surface area (Å²) in [6.45, 7) is 5.05. The normalized spacial score (nSPS) is 26.4. The van der Waals surface area contributed by atoms with E-state index in [1.807, 2.05) is 12.1 Å². The summed E-state index contributed by atoms with van der Waals surface area (Å²) in [6, 6.07) is 10.5. The molecular weight excluding hydrogens is 699 g/mol.